The first-order valence-corrected chi connectivity index (χ1v) is 9.73. The highest BCUT2D eigenvalue weighted by Crippen LogP contribution is 2.44. The van der Waals surface area contributed by atoms with E-state index in [0.717, 1.165) is 43.5 Å². The molecule has 26 heavy (non-hydrogen) atoms. The summed E-state index contributed by atoms with van der Waals surface area (Å²) in [4.78, 5) is 14.5. The Kier molecular flexibility index (Phi) is 4.58. The van der Waals surface area contributed by atoms with Crippen molar-refractivity contribution in [1.29, 1.82) is 0 Å². The zero-order chi connectivity index (χ0) is 18.1. The minimum atomic E-state index is -1.01. The third-order valence-electron chi connectivity index (χ3n) is 6.25. The average molecular weight is 349 g/mol. The second-order valence-corrected chi connectivity index (χ2v) is 7.92. The highest BCUT2D eigenvalue weighted by molar-refractivity contribution is 5.81. The van der Waals surface area contributed by atoms with Crippen molar-refractivity contribution in [1.82, 2.24) is 4.90 Å². The van der Waals surface area contributed by atoms with Gasteiger partial charge in [-0.25, -0.2) is 0 Å². The molecule has 0 bridgehead atoms. The Labute approximate surface area is 155 Å². The number of likely N-dealkylation sites (tertiary alicyclic amines) is 1. The molecule has 1 amide bonds. The van der Waals surface area contributed by atoms with E-state index < -0.39 is 5.60 Å². The maximum atomic E-state index is 12.5. The smallest absolute Gasteiger partial charge is 0.225 e. The molecule has 1 N–H and O–H groups in total. The molecule has 2 aliphatic rings. The van der Waals surface area contributed by atoms with Crippen molar-refractivity contribution in [2.24, 2.45) is 17.8 Å². The second-order valence-electron chi connectivity index (χ2n) is 7.92. The lowest BCUT2D eigenvalue weighted by atomic mass is 9.72. The van der Waals surface area contributed by atoms with Crippen LogP contribution in [-0.4, -0.2) is 29.0 Å². The molecule has 1 aliphatic carbocycles. The standard InChI is InChI=1S/C23H27NO2/c1-17-16-21(17)22(25)24-14-12-20(13-15-24)23(26,18-8-4-2-5-9-18)19-10-6-3-7-11-19/h2-11,17,20-21,26H,12-16H2,1H3/t17-,21+/m1/s1. The third-order valence-corrected chi connectivity index (χ3v) is 6.25. The van der Waals surface area contributed by atoms with Crippen LogP contribution in [0.25, 0.3) is 0 Å². The van der Waals surface area contributed by atoms with Crippen LogP contribution in [0.1, 0.15) is 37.3 Å². The van der Waals surface area contributed by atoms with E-state index in [1.165, 1.54) is 0 Å². The summed E-state index contributed by atoms with van der Waals surface area (Å²) in [7, 11) is 0. The number of piperidine rings is 1. The van der Waals surface area contributed by atoms with Crippen molar-refractivity contribution in [3.63, 3.8) is 0 Å². The predicted octanol–water partition coefficient (Wildman–Crippen LogP) is 3.82. The fraction of sp³-hybridized carbons (Fsp3) is 0.435. The molecule has 1 heterocycles. The Hall–Kier alpha value is -2.13. The molecule has 4 rings (SSSR count). The van der Waals surface area contributed by atoms with Gasteiger partial charge in [-0.15, -0.1) is 0 Å². The van der Waals surface area contributed by atoms with Crippen molar-refractivity contribution < 1.29 is 9.90 Å². The molecular weight excluding hydrogens is 322 g/mol. The normalized spacial score (nSPS) is 23.7. The van der Waals surface area contributed by atoms with Gasteiger partial charge in [0.2, 0.25) is 5.91 Å². The Morgan fingerprint density at radius 3 is 1.85 bits per heavy atom. The second kappa shape index (κ2) is 6.88. The molecule has 0 radical (unpaired) electrons. The summed E-state index contributed by atoms with van der Waals surface area (Å²) in [6.07, 6.45) is 2.69. The third kappa shape index (κ3) is 3.05. The number of amides is 1. The van der Waals surface area contributed by atoms with Gasteiger partial charge in [-0.1, -0.05) is 67.6 Å². The van der Waals surface area contributed by atoms with Gasteiger partial charge >= 0.3 is 0 Å². The summed E-state index contributed by atoms with van der Waals surface area (Å²) in [6.45, 7) is 3.64. The van der Waals surface area contributed by atoms with E-state index in [9.17, 15) is 9.90 Å². The molecule has 136 valence electrons. The van der Waals surface area contributed by atoms with Crippen LogP contribution in [0, 0.1) is 17.8 Å². The summed E-state index contributed by atoms with van der Waals surface area (Å²) < 4.78 is 0. The minimum absolute atomic E-state index is 0.105. The molecule has 2 aromatic rings. The Morgan fingerprint density at radius 1 is 0.962 bits per heavy atom. The van der Waals surface area contributed by atoms with Gasteiger partial charge < -0.3 is 10.0 Å². The number of carbonyl (C=O) groups excluding carboxylic acids is 1. The zero-order valence-electron chi connectivity index (χ0n) is 15.3. The van der Waals surface area contributed by atoms with Crippen LogP contribution in [-0.2, 0) is 10.4 Å². The van der Waals surface area contributed by atoms with Gasteiger partial charge in [0.05, 0.1) is 0 Å². The average Bonchev–Trinajstić information content (AvgIpc) is 3.45. The van der Waals surface area contributed by atoms with Crippen molar-refractivity contribution in [3.8, 4) is 0 Å². The van der Waals surface area contributed by atoms with E-state index in [2.05, 4.69) is 6.92 Å². The van der Waals surface area contributed by atoms with E-state index in [-0.39, 0.29) is 11.8 Å². The summed E-state index contributed by atoms with van der Waals surface area (Å²) in [5.41, 5.74) is 0.864. The predicted molar refractivity (Wildman–Crippen MR) is 102 cm³/mol. The molecular formula is C23H27NO2. The maximum absolute atomic E-state index is 12.5. The number of benzene rings is 2. The first kappa shape index (κ1) is 17.3. The number of aliphatic hydroxyl groups is 1. The largest absolute Gasteiger partial charge is 0.380 e. The van der Waals surface area contributed by atoms with E-state index >= 15 is 0 Å². The fourth-order valence-corrected chi connectivity index (χ4v) is 4.44. The molecule has 2 aromatic carbocycles. The van der Waals surface area contributed by atoms with Crippen LogP contribution >= 0.6 is 0 Å². The number of hydrogen-bond donors (Lipinski definition) is 1. The van der Waals surface area contributed by atoms with Gasteiger partial charge in [0.1, 0.15) is 5.60 Å². The monoisotopic (exact) mass is 349 g/mol. The van der Waals surface area contributed by atoms with Gasteiger partial charge in [-0.3, -0.25) is 4.79 Å². The number of carbonyl (C=O) groups is 1. The van der Waals surface area contributed by atoms with Crippen LogP contribution in [0.3, 0.4) is 0 Å². The van der Waals surface area contributed by atoms with Gasteiger partial charge in [0, 0.05) is 19.0 Å². The van der Waals surface area contributed by atoms with Crippen LogP contribution < -0.4 is 0 Å². The molecule has 1 aliphatic heterocycles. The highest BCUT2D eigenvalue weighted by Gasteiger charge is 2.45. The molecule has 3 nitrogen and oxygen atoms in total. The molecule has 1 saturated carbocycles. The van der Waals surface area contributed by atoms with Gasteiger partial charge in [-0.05, 0) is 42.2 Å². The Balaban J connectivity index is 1.57. The van der Waals surface area contributed by atoms with Crippen molar-refractivity contribution in [2.45, 2.75) is 31.8 Å². The zero-order valence-corrected chi connectivity index (χ0v) is 15.3. The molecule has 1 saturated heterocycles. The number of rotatable bonds is 4. The minimum Gasteiger partial charge on any atom is -0.380 e. The van der Waals surface area contributed by atoms with Crippen molar-refractivity contribution >= 4 is 5.91 Å². The Bertz CT molecular complexity index is 711. The SMILES string of the molecule is C[C@@H]1C[C@@H]1C(=O)N1CCC(C(O)(c2ccccc2)c2ccccc2)CC1. The van der Waals surface area contributed by atoms with E-state index in [0.29, 0.717) is 11.8 Å². The van der Waals surface area contributed by atoms with E-state index in [1.54, 1.807) is 0 Å². The quantitative estimate of drug-likeness (QED) is 0.912. The van der Waals surface area contributed by atoms with Crippen LogP contribution in [0.5, 0.6) is 0 Å². The molecule has 0 unspecified atom stereocenters. The summed E-state index contributed by atoms with van der Waals surface area (Å²) in [6, 6.07) is 19.9. The topological polar surface area (TPSA) is 40.5 Å². The van der Waals surface area contributed by atoms with Crippen molar-refractivity contribution in [3.05, 3.63) is 71.8 Å². The lowest BCUT2D eigenvalue weighted by Crippen LogP contribution is -2.46. The summed E-state index contributed by atoms with van der Waals surface area (Å²) in [5.74, 6) is 1.21. The van der Waals surface area contributed by atoms with E-state index in [1.807, 2.05) is 65.6 Å². The number of hydrogen-bond acceptors (Lipinski definition) is 2. The molecule has 0 aromatic heterocycles. The van der Waals surface area contributed by atoms with Crippen LogP contribution in [0.2, 0.25) is 0 Å². The Morgan fingerprint density at radius 2 is 1.42 bits per heavy atom. The van der Waals surface area contributed by atoms with Gasteiger partial charge in [-0.2, -0.15) is 0 Å². The van der Waals surface area contributed by atoms with Crippen molar-refractivity contribution in [2.75, 3.05) is 13.1 Å². The summed E-state index contributed by atoms with van der Waals surface area (Å²) in [5, 5.41) is 11.9. The maximum Gasteiger partial charge on any atom is 0.225 e. The first-order chi connectivity index (χ1) is 12.6. The van der Waals surface area contributed by atoms with E-state index in [4.69, 9.17) is 0 Å². The highest BCUT2D eigenvalue weighted by atomic mass is 16.3. The first-order valence-electron chi connectivity index (χ1n) is 9.73. The lowest BCUT2D eigenvalue weighted by Gasteiger charge is -2.42. The molecule has 2 atom stereocenters. The number of nitrogens with zero attached hydrogens (tertiary/aromatic N) is 1. The molecule has 2 fully saturated rings. The molecule has 3 heteroatoms. The van der Waals surface area contributed by atoms with Gasteiger partial charge in [0.25, 0.3) is 0 Å². The van der Waals surface area contributed by atoms with Crippen LogP contribution in [0.15, 0.2) is 60.7 Å². The summed E-state index contributed by atoms with van der Waals surface area (Å²) >= 11 is 0. The van der Waals surface area contributed by atoms with Crippen LogP contribution in [0.4, 0.5) is 0 Å². The lowest BCUT2D eigenvalue weighted by molar-refractivity contribution is -0.135. The van der Waals surface area contributed by atoms with Gasteiger partial charge in [0.15, 0.2) is 0 Å². The fourth-order valence-electron chi connectivity index (χ4n) is 4.44. The molecule has 0 spiro atoms.